The average molecular weight is 505 g/mol. The Morgan fingerprint density at radius 3 is 1.53 bits per heavy atom. The second-order valence-electron chi connectivity index (χ2n) is 8.51. The molecule has 0 aliphatic heterocycles. The van der Waals surface area contributed by atoms with E-state index in [1.807, 2.05) is 0 Å². The average Bonchev–Trinajstić information content (AvgIpc) is 2.86. The summed E-state index contributed by atoms with van der Waals surface area (Å²) >= 11 is 0. The molecule has 2 aromatic carbocycles. The number of amides is 2. The van der Waals surface area contributed by atoms with E-state index in [0.717, 1.165) is 50.1 Å². The number of quaternary nitrogens is 2. The number of methoxy groups -OCH3 is 2. The Bertz CT molecular complexity index is 892. The minimum absolute atomic E-state index is 0.0500. The fraction of sp³-hybridized carbons (Fsp3) is 0.462. The first-order valence-corrected chi connectivity index (χ1v) is 12.3. The third-order valence-corrected chi connectivity index (χ3v) is 5.61. The lowest BCUT2D eigenvalue weighted by molar-refractivity contribution is -0.723. The first-order valence-electron chi connectivity index (χ1n) is 12.3. The second-order valence-corrected chi connectivity index (χ2v) is 8.51. The minimum Gasteiger partial charge on any atom is -0.504 e. The van der Waals surface area contributed by atoms with Gasteiger partial charge in [0.15, 0.2) is 23.0 Å². The highest BCUT2D eigenvalue weighted by molar-refractivity contribution is 5.79. The number of phenolic OH excluding ortho intramolecular Hbond substituents is 2. The number of hydrogen-bond donors (Lipinski definition) is 6. The molecule has 0 fully saturated rings. The molecule has 0 saturated carbocycles. The van der Waals surface area contributed by atoms with Gasteiger partial charge in [-0.25, -0.2) is 0 Å². The predicted octanol–water partition coefficient (Wildman–Crippen LogP) is -0.960. The zero-order chi connectivity index (χ0) is 26.2. The summed E-state index contributed by atoms with van der Waals surface area (Å²) < 4.78 is 10.1. The summed E-state index contributed by atoms with van der Waals surface area (Å²) in [6.07, 6.45) is 2.29. The summed E-state index contributed by atoms with van der Waals surface area (Å²) in [5, 5.41) is 29.5. The van der Waals surface area contributed by atoms with Crippen molar-refractivity contribution in [2.24, 2.45) is 0 Å². The summed E-state index contributed by atoms with van der Waals surface area (Å²) in [6, 6.07) is 9.82. The molecule has 0 atom stereocenters. The zero-order valence-electron chi connectivity index (χ0n) is 21.2. The molecule has 0 unspecified atom stereocenters. The molecule has 0 heterocycles. The molecule has 2 rings (SSSR count). The van der Waals surface area contributed by atoms with Crippen LogP contribution in [0.4, 0.5) is 0 Å². The Hall–Kier alpha value is -3.50. The van der Waals surface area contributed by atoms with Crippen molar-refractivity contribution in [3.8, 4) is 23.0 Å². The van der Waals surface area contributed by atoms with Gasteiger partial charge in [-0.15, -0.1) is 0 Å². The lowest BCUT2D eigenvalue weighted by Crippen LogP contribution is -2.95. The molecule has 0 spiro atoms. The molecule has 0 aliphatic rings. The number of hydrogen-bond acceptors (Lipinski definition) is 6. The molecule has 10 nitrogen and oxygen atoms in total. The van der Waals surface area contributed by atoms with Gasteiger partial charge in [-0.3, -0.25) is 9.59 Å². The molecule has 2 amide bonds. The largest absolute Gasteiger partial charge is 0.504 e. The number of nitrogens with one attached hydrogen (secondary N) is 2. The smallest absolute Gasteiger partial charge is 0.224 e. The lowest BCUT2D eigenvalue weighted by Gasteiger charge is -2.08. The third kappa shape index (κ3) is 10.8. The summed E-state index contributed by atoms with van der Waals surface area (Å²) in [5.41, 5.74) is 1.59. The van der Waals surface area contributed by atoms with Crippen molar-refractivity contribution in [1.82, 2.24) is 10.6 Å². The van der Waals surface area contributed by atoms with Crippen LogP contribution in [-0.2, 0) is 22.4 Å². The van der Waals surface area contributed by atoms with Gasteiger partial charge in [-0.05, 0) is 35.4 Å². The summed E-state index contributed by atoms with van der Waals surface area (Å²) in [7, 11) is 2.96. The van der Waals surface area contributed by atoms with E-state index in [0.29, 0.717) is 24.6 Å². The Kier molecular flexibility index (Phi) is 12.9. The molecule has 0 saturated heterocycles. The van der Waals surface area contributed by atoms with Crippen molar-refractivity contribution in [2.75, 3.05) is 53.5 Å². The van der Waals surface area contributed by atoms with E-state index in [2.05, 4.69) is 21.3 Å². The zero-order valence-corrected chi connectivity index (χ0v) is 21.2. The fourth-order valence-electron chi connectivity index (χ4n) is 3.63. The Morgan fingerprint density at radius 1 is 0.722 bits per heavy atom. The van der Waals surface area contributed by atoms with Crippen LogP contribution in [0.1, 0.15) is 24.0 Å². The topological polar surface area (TPSA) is 150 Å². The summed E-state index contributed by atoms with van der Waals surface area (Å²) in [4.78, 5) is 24.1. The van der Waals surface area contributed by atoms with E-state index < -0.39 is 0 Å². The van der Waals surface area contributed by atoms with Crippen molar-refractivity contribution in [3.63, 3.8) is 0 Å². The minimum atomic E-state index is -0.0500. The maximum Gasteiger partial charge on any atom is 0.224 e. The molecular formula is C26H40N4O6+2. The first kappa shape index (κ1) is 28.7. The number of carbonyl (C=O) groups is 2. The summed E-state index contributed by atoms with van der Waals surface area (Å²) in [5.74, 6) is 0.749. The lowest BCUT2D eigenvalue weighted by atomic mass is 10.1. The molecule has 0 bridgehead atoms. The Balaban J connectivity index is 1.41. The van der Waals surface area contributed by atoms with E-state index in [9.17, 15) is 19.8 Å². The number of rotatable bonds is 17. The molecule has 198 valence electrons. The molecule has 0 aromatic heterocycles. The van der Waals surface area contributed by atoms with Crippen LogP contribution in [0, 0.1) is 0 Å². The van der Waals surface area contributed by atoms with Crippen molar-refractivity contribution in [3.05, 3.63) is 47.5 Å². The van der Waals surface area contributed by atoms with Crippen LogP contribution in [0.2, 0.25) is 0 Å². The van der Waals surface area contributed by atoms with Crippen LogP contribution in [0.25, 0.3) is 0 Å². The van der Waals surface area contributed by atoms with Crippen LogP contribution < -0.4 is 30.7 Å². The van der Waals surface area contributed by atoms with Crippen molar-refractivity contribution >= 4 is 11.8 Å². The molecule has 8 N–H and O–H groups in total. The number of ether oxygens (including phenoxy) is 2. The molecule has 0 aliphatic carbocycles. The Morgan fingerprint density at radius 2 is 1.14 bits per heavy atom. The maximum absolute atomic E-state index is 12.1. The number of carbonyl (C=O) groups excluding carboxylic acids is 2. The van der Waals surface area contributed by atoms with Gasteiger partial charge in [0.25, 0.3) is 0 Å². The summed E-state index contributed by atoms with van der Waals surface area (Å²) in [6.45, 7) is 5.14. The second kappa shape index (κ2) is 16.2. The maximum atomic E-state index is 12.1. The highest BCUT2D eigenvalue weighted by Gasteiger charge is 2.08. The van der Waals surface area contributed by atoms with E-state index in [1.54, 1.807) is 24.3 Å². The predicted molar refractivity (Wildman–Crippen MR) is 135 cm³/mol. The van der Waals surface area contributed by atoms with Gasteiger partial charge in [-0.2, -0.15) is 0 Å². The van der Waals surface area contributed by atoms with Gasteiger partial charge in [-0.1, -0.05) is 12.1 Å². The van der Waals surface area contributed by atoms with Crippen LogP contribution in [0.3, 0.4) is 0 Å². The number of phenols is 2. The van der Waals surface area contributed by atoms with E-state index in [4.69, 9.17) is 9.47 Å². The highest BCUT2D eigenvalue weighted by Crippen LogP contribution is 2.27. The first-order chi connectivity index (χ1) is 17.4. The van der Waals surface area contributed by atoms with Gasteiger partial charge >= 0.3 is 0 Å². The molecular weight excluding hydrogens is 464 g/mol. The third-order valence-electron chi connectivity index (χ3n) is 5.61. The Labute approximate surface area is 212 Å². The van der Waals surface area contributed by atoms with E-state index >= 15 is 0 Å². The van der Waals surface area contributed by atoms with E-state index in [1.165, 1.54) is 26.4 Å². The number of aromatic hydroxyl groups is 2. The van der Waals surface area contributed by atoms with Gasteiger partial charge < -0.3 is 41.0 Å². The van der Waals surface area contributed by atoms with Gasteiger partial charge in [0.1, 0.15) is 13.1 Å². The monoisotopic (exact) mass is 504 g/mol. The van der Waals surface area contributed by atoms with Crippen LogP contribution >= 0.6 is 0 Å². The molecule has 2 aromatic rings. The van der Waals surface area contributed by atoms with Crippen molar-refractivity contribution in [2.45, 2.75) is 25.7 Å². The van der Waals surface area contributed by atoms with Crippen LogP contribution in [0.5, 0.6) is 23.0 Å². The quantitative estimate of drug-likeness (QED) is 0.153. The number of benzene rings is 2. The molecule has 0 radical (unpaired) electrons. The molecule has 10 heteroatoms. The van der Waals surface area contributed by atoms with Gasteiger partial charge in [0.2, 0.25) is 11.8 Å². The SMILES string of the molecule is COc1cc(CC(=O)NCCC[NH2+]CC[NH2+]CCCNC(=O)Cc2ccc(O)c(OC)c2)ccc1O. The van der Waals surface area contributed by atoms with Crippen LogP contribution in [0.15, 0.2) is 36.4 Å². The van der Waals surface area contributed by atoms with Gasteiger partial charge in [0, 0.05) is 25.9 Å². The van der Waals surface area contributed by atoms with Gasteiger partial charge in [0.05, 0.1) is 40.2 Å². The molecule has 36 heavy (non-hydrogen) atoms. The highest BCUT2D eigenvalue weighted by atomic mass is 16.5. The normalized spacial score (nSPS) is 10.6. The van der Waals surface area contributed by atoms with E-state index in [-0.39, 0.29) is 36.2 Å². The van der Waals surface area contributed by atoms with Crippen molar-refractivity contribution in [1.29, 1.82) is 0 Å². The fourth-order valence-corrected chi connectivity index (χ4v) is 3.63. The van der Waals surface area contributed by atoms with Crippen LogP contribution in [-0.4, -0.2) is 75.5 Å². The number of nitrogens with two attached hydrogens (primary N) is 2. The van der Waals surface area contributed by atoms with Crippen molar-refractivity contribution < 1.29 is 39.9 Å². The standard InChI is InChI=1S/C26H38N4O6/c1-35-23-15-19(5-7-21(23)31)17-25(33)29-11-3-9-27-13-14-28-10-4-12-30-26(34)18-20-6-8-22(32)24(16-20)36-2/h5-8,15-16,27-28,31-32H,3-4,9-14,17-18H2,1-2H3,(H,29,33)(H,30,34)/p+2.